The van der Waals surface area contributed by atoms with Crippen molar-refractivity contribution in [3.8, 4) is 0 Å². The quantitative estimate of drug-likeness (QED) is 0.493. The van der Waals surface area contributed by atoms with Crippen LogP contribution in [0.15, 0.2) is 66.7 Å². The lowest BCUT2D eigenvalue weighted by atomic mass is 9.83. The second-order valence-corrected chi connectivity index (χ2v) is 7.08. The molecule has 4 aromatic rings. The topological polar surface area (TPSA) is 59.1 Å². The molecule has 0 spiro atoms. The fourth-order valence-electron chi connectivity index (χ4n) is 3.27. The van der Waals surface area contributed by atoms with Crippen LogP contribution in [-0.2, 0) is 0 Å². The van der Waals surface area contributed by atoms with Crippen LogP contribution in [0.3, 0.4) is 0 Å². The highest BCUT2D eigenvalue weighted by molar-refractivity contribution is 7.22. The van der Waals surface area contributed by atoms with Crippen LogP contribution in [0, 0.1) is 0 Å². The first-order chi connectivity index (χ1) is 12.7. The summed E-state index contributed by atoms with van der Waals surface area (Å²) in [5, 5.41) is 3.95. The Morgan fingerprint density at radius 1 is 0.731 bits per heavy atom. The molecule has 5 rings (SSSR count). The Bertz CT molecular complexity index is 1200. The van der Waals surface area contributed by atoms with E-state index in [0.29, 0.717) is 32.9 Å². The van der Waals surface area contributed by atoms with E-state index in [1.54, 1.807) is 30.3 Å². The van der Waals surface area contributed by atoms with Gasteiger partial charge >= 0.3 is 0 Å². The van der Waals surface area contributed by atoms with E-state index in [4.69, 9.17) is 0 Å². The average Bonchev–Trinajstić information content (AvgIpc) is 3.08. The van der Waals surface area contributed by atoms with Gasteiger partial charge in [0.2, 0.25) is 0 Å². The number of nitrogens with one attached hydrogen (secondary N) is 1. The number of rotatable bonds is 2. The average molecular weight is 356 g/mol. The van der Waals surface area contributed by atoms with Gasteiger partial charge in [0.25, 0.3) is 0 Å². The molecule has 0 radical (unpaired) electrons. The second kappa shape index (κ2) is 5.61. The lowest BCUT2D eigenvalue weighted by Gasteiger charge is -2.17. The molecule has 3 aromatic carbocycles. The fourth-order valence-corrected chi connectivity index (χ4v) is 4.16. The summed E-state index contributed by atoms with van der Waals surface area (Å²) >= 11 is 1.46. The van der Waals surface area contributed by atoms with Crippen LogP contribution in [0.1, 0.15) is 31.8 Å². The fraction of sp³-hybridized carbons (Fsp3) is 0. The first-order valence-corrected chi connectivity index (χ1v) is 8.98. The summed E-state index contributed by atoms with van der Waals surface area (Å²) in [7, 11) is 0. The summed E-state index contributed by atoms with van der Waals surface area (Å²) in [5.74, 6) is -0.264. The lowest BCUT2D eigenvalue weighted by molar-refractivity contribution is 0.0980. The van der Waals surface area contributed by atoms with Gasteiger partial charge in [-0.1, -0.05) is 53.8 Å². The second-order valence-electron chi connectivity index (χ2n) is 6.05. The number of benzene rings is 3. The molecule has 5 heteroatoms. The molecule has 1 N–H and O–H groups in total. The standard InChI is InChI=1S/C21H12N2O2S/c24-19-13-8-4-5-9-14(13)20(25)17-15(19)10-11-16-18(17)23-21(26-16)22-12-6-2-1-3-7-12/h1-11H,(H,22,23). The molecule has 124 valence electrons. The third-order valence-electron chi connectivity index (χ3n) is 4.47. The molecular weight excluding hydrogens is 344 g/mol. The number of thiazole rings is 1. The molecule has 4 nitrogen and oxygen atoms in total. The van der Waals surface area contributed by atoms with Crippen LogP contribution in [0.2, 0.25) is 0 Å². The van der Waals surface area contributed by atoms with E-state index in [-0.39, 0.29) is 11.6 Å². The highest BCUT2D eigenvalue weighted by atomic mass is 32.1. The third-order valence-corrected chi connectivity index (χ3v) is 5.41. The lowest BCUT2D eigenvalue weighted by Crippen LogP contribution is -2.21. The summed E-state index contributed by atoms with van der Waals surface area (Å²) in [5.41, 5.74) is 3.25. The Morgan fingerprint density at radius 3 is 2.19 bits per heavy atom. The zero-order chi connectivity index (χ0) is 17.7. The van der Waals surface area contributed by atoms with Gasteiger partial charge in [-0.25, -0.2) is 4.98 Å². The van der Waals surface area contributed by atoms with Gasteiger partial charge < -0.3 is 5.32 Å². The Morgan fingerprint density at radius 2 is 1.42 bits per heavy atom. The summed E-state index contributed by atoms with van der Waals surface area (Å²) in [6.07, 6.45) is 0. The molecule has 0 saturated carbocycles. The maximum Gasteiger partial charge on any atom is 0.196 e. The van der Waals surface area contributed by atoms with E-state index in [1.807, 2.05) is 36.4 Å². The van der Waals surface area contributed by atoms with Crippen LogP contribution in [0.4, 0.5) is 10.8 Å². The van der Waals surface area contributed by atoms with Gasteiger partial charge in [0, 0.05) is 22.4 Å². The van der Waals surface area contributed by atoms with Gasteiger partial charge in [-0.15, -0.1) is 0 Å². The van der Waals surface area contributed by atoms with Crippen molar-refractivity contribution < 1.29 is 9.59 Å². The molecule has 0 unspecified atom stereocenters. The van der Waals surface area contributed by atoms with E-state index in [1.165, 1.54) is 11.3 Å². The normalized spacial score (nSPS) is 12.8. The van der Waals surface area contributed by atoms with E-state index < -0.39 is 0 Å². The molecule has 0 amide bonds. The van der Waals surface area contributed by atoms with Crippen molar-refractivity contribution in [1.82, 2.24) is 4.98 Å². The van der Waals surface area contributed by atoms with Crippen LogP contribution < -0.4 is 5.32 Å². The molecule has 1 aromatic heterocycles. The van der Waals surface area contributed by atoms with E-state index in [2.05, 4.69) is 10.3 Å². The van der Waals surface area contributed by atoms with E-state index >= 15 is 0 Å². The Labute approximate surface area is 153 Å². The maximum atomic E-state index is 13.0. The number of para-hydroxylation sites is 1. The highest BCUT2D eigenvalue weighted by Crippen LogP contribution is 2.36. The zero-order valence-electron chi connectivity index (χ0n) is 13.5. The smallest absolute Gasteiger partial charge is 0.196 e. The summed E-state index contributed by atoms with van der Waals surface area (Å²) < 4.78 is 0.878. The summed E-state index contributed by atoms with van der Waals surface area (Å²) in [6.45, 7) is 0. The van der Waals surface area contributed by atoms with Gasteiger partial charge in [0.15, 0.2) is 16.7 Å². The predicted molar refractivity (Wildman–Crippen MR) is 103 cm³/mol. The monoisotopic (exact) mass is 356 g/mol. The van der Waals surface area contributed by atoms with Crippen molar-refractivity contribution in [2.75, 3.05) is 5.32 Å². The molecule has 0 fully saturated rings. The summed E-state index contributed by atoms with van der Waals surface area (Å²) in [4.78, 5) is 30.4. The highest BCUT2D eigenvalue weighted by Gasteiger charge is 2.32. The van der Waals surface area contributed by atoms with E-state index in [0.717, 1.165) is 10.4 Å². The van der Waals surface area contributed by atoms with Crippen LogP contribution >= 0.6 is 11.3 Å². The first kappa shape index (κ1) is 15.0. The SMILES string of the molecule is O=C1c2ccccc2C(=O)c2c1ccc1sc(Nc3ccccc3)nc21. The summed E-state index contributed by atoms with van der Waals surface area (Å²) in [6, 6.07) is 20.3. The molecule has 1 heterocycles. The molecule has 0 saturated heterocycles. The molecule has 26 heavy (non-hydrogen) atoms. The predicted octanol–water partition coefficient (Wildman–Crippen LogP) is 4.82. The molecule has 0 aliphatic heterocycles. The number of carbonyl (C=O) groups excluding carboxylic acids is 2. The zero-order valence-corrected chi connectivity index (χ0v) is 14.3. The van der Waals surface area contributed by atoms with Crippen molar-refractivity contribution in [3.05, 3.63) is 89.0 Å². The number of hydrogen-bond donors (Lipinski definition) is 1. The van der Waals surface area contributed by atoms with Gasteiger partial charge in [-0.2, -0.15) is 0 Å². The number of ketones is 2. The van der Waals surface area contributed by atoms with Gasteiger partial charge in [-0.05, 0) is 24.3 Å². The van der Waals surface area contributed by atoms with Crippen molar-refractivity contribution in [2.24, 2.45) is 0 Å². The molecule has 0 bridgehead atoms. The van der Waals surface area contributed by atoms with Crippen LogP contribution in [0.25, 0.3) is 10.2 Å². The number of fused-ring (bicyclic) bond motifs is 4. The first-order valence-electron chi connectivity index (χ1n) is 8.16. The number of aromatic nitrogens is 1. The minimum atomic E-state index is -0.141. The number of hydrogen-bond acceptors (Lipinski definition) is 5. The molecular formula is C21H12N2O2S. The van der Waals surface area contributed by atoms with Gasteiger partial charge in [-0.3, -0.25) is 9.59 Å². The van der Waals surface area contributed by atoms with Crippen molar-refractivity contribution >= 4 is 43.9 Å². The minimum Gasteiger partial charge on any atom is -0.332 e. The van der Waals surface area contributed by atoms with Crippen molar-refractivity contribution in [1.29, 1.82) is 0 Å². The molecule has 1 aliphatic rings. The van der Waals surface area contributed by atoms with E-state index in [9.17, 15) is 9.59 Å². The Kier molecular flexibility index (Phi) is 3.23. The number of nitrogens with zero attached hydrogens (tertiary/aromatic N) is 1. The third kappa shape index (κ3) is 2.18. The van der Waals surface area contributed by atoms with Crippen LogP contribution in [-0.4, -0.2) is 16.6 Å². The van der Waals surface area contributed by atoms with Gasteiger partial charge in [0.1, 0.15) is 0 Å². The maximum absolute atomic E-state index is 13.0. The van der Waals surface area contributed by atoms with Gasteiger partial charge in [0.05, 0.1) is 15.8 Å². The number of anilines is 2. The minimum absolute atomic E-state index is 0.123. The molecule has 0 atom stereocenters. The Hall–Kier alpha value is -3.31. The van der Waals surface area contributed by atoms with Crippen molar-refractivity contribution in [3.63, 3.8) is 0 Å². The molecule has 1 aliphatic carbocycles. The van der Waals surface area contributed by atoms with Crippen molar-refractivity contribution in [2.45, 2.75) is 0 Å². The van der Waals surface area contributed by atoms with Crippen LogP contribution in [0.5, 0.6) is 0 Å². The largest absolute Gasteiger partial charge is 0.332 e. The number of carbonyl (C=O) groups is 2. The Balaban J connectivity index is 1.67.